The van der Waals surface area contributed by atoms with Gasteiger partial charge in [-0.1, -0.05) is 6.07 Å². The number of hydrogen-bond acceptors (Lipinski definition) is 4. The molecule has 1 rings (SSSR count). The molecule has 0 aromatic heterocycles. The molecule has 0 atom stereocenters. The molecule has 0 spiro atoms. The lowest BCUT2D eigenvalue weighted by molar-refractivity contribution is 0.328. The van der Waals surface area contributed by atoms with Crippen molar-refractivity contribution >= 4 is 5.69 Å². The molecule has 0 radical (unpaired) electrons. The van der Waals surface area contributed by atoms with Crippen LogP contribution in [0.5, 0.6) is 11.5 Å². The third-order valence-electron chi connectivity index (χ3n) is 1.42. The van der Waals surface area contributed by atoms with Crippen LogP contribution in [0.15, 0.2) is 18.2 Å². The summed E-state index contributed by atoms with van der Waals surface area (Å²) in [5, 5.41) is 9.16. The summed E-state index contributed by atoms with van der Waals surface area (Å²) in [7, 11) is 0. The highest BCUT2D eigenvalue weighted by molar-refractivity contribution is 5.61. The molecule has 0 aliphatic carbocycles. The standard InChI is InChI=1S/C8H12N2O2/c9-4-5-12-7-3-1-2-6(11)8(7)10/h1-3,11H,4-5,9-10H2. The highest BCUT2D eigenvalue weighted by atomic mass is 16.5. The van der Waals surface area contributed by atoms with Gasteiger partial charge in [0.15, 0.2) is 0 Å². The van der Waals surface area contributed by atoms with Gasteiger partial charge in [0.05, 0.1) is 0 Å². The van der Waals surface area contributed by atoms with Crippen molar-refractivity contribution in [1.82, 2.24) is 0 Å². The molecule has 66 valence electrons. The summed E-state index contributed by atoms with van der Waals surface area (Å²) in [6, 6.07) is 4.85. The Balaban J connectivity index is 2.78. The van der Waals surface area contributed by atoms with Crippen LogP contribution in [0.3, 0.4) is 0 Å². The molecule has 0 unspecified atom stereocenters. The van der Waals surface area contributed by atoms with Crippen molar-refractivity contribution in [2.45, 2.75) is 0 Å². The van der Waals surface area contributed by atoms with E-state index in [2.05, 4.69) is 0 Å². The second-order valence-corrected chi connectivity index (χ2v) is 2.33. The highest BCUT2D eigenvalue weighted by Gasteiger charge is 2.02. The normalized spacial score (nSPS) is 9.75. The summed E-state index contributed by atoms with van der Waals surface area (Å²) in [5.41, 5.74) is 11.0. The Bertz CT molecular complexity index is 263. The number of benzene rings is 1. The molecule has 12 heavy (non-hydrogen) atoms. The van der Waals surface area contributed by atoms with Crippen LogP contribution in [0.1, 0.15) is 0 Å². The first-order valence-corrected chi connectivity index (χ1v) is 3.66. The molecule has 4 heteroatoms. The number of ether oxygens (including phenoxy) is 1. The highest BCUT2D eigenvalue weighted by Crippen LogP contribution is 2.29. The Labute approximate surface area is 70.7 Å². The molecular formula is C8H12N2O2. The van der Waals surface area contributed by atoms with Crippen molar-refractivity contribution in [2.75, 3.05) is 18.9 Å². The zero-order chi connectivity index (χ0) is 8.97. The number of nitrogens with two attached hydrogens (primary N) is 2. The van der Waals surface area contributed by atoms with Crippen molar-refractivity contribution in [2.24, 2.45) is 5.73 Å². The van der Waals surface area contributed by atoms with Gasteiger partial charge in [-0.2, -0.15) is 0 Å². The van der Waals surface area contributed by atoms with Crippen LogP contribution in [0.4, 0.5) is 5.69 Å². The molecule has 0 bridgehead atoms. The maximum absolute atomic E-state index is 9.16. The SMILES string of the molecule is NCCOc1cccc(O)c1N. The molecule has 5 N–H and O–H groups in total. The summed E-state index contributed by atoms with van der Waals surface area (Å²) >= 11 is 0. The van der Waals surface area contributed by atoms with Crippen LogP contribution in [0, 0.1) is 0 Å². The van der Waals surface area contributed by atoms with Crippen LogP contribution < -0.4 is 16.2 Å². The van der Waals surface area contributed by atoms with Gasteiger partial charge < -0.3 is 21.3 Å². The van der Waals surface area contributed by atoms with Gasteiger partial charge in [-0.15, -0.1) is 0 Å². The molecule has 0 fully saturated rings. The number of rotatable bonds is 3. The number of aromatic hydroxyl groups is 1. The lowest BCUT2D eigenvalue weighted by Gasteiger charge is -2.07. The Kier molecular flexibility index (Phi) is 2.76. The minimum Gasteiger partial charge on any atom is -0.506 e. The summed E-state index contributed by atoms with van der Waals surface area (Å²) < 4.78 is 5.16. The second kappa shape index (κ2) is 3.82. The topological polar surface area (TPSA) is 81.5 Å². The van der Waals surface area contributed by atoms with Gasteiger partial charge in [-0.25, -0.2) is 0 Å². The number of hydrogen-bond donors (Lipinski definition) is 3. The number of phenols is 1. The van der Waals surface area contributed by atoms with Gasteiger partial charge in [0.1, 0.15) is 23.8 Å². The van der Waals surface area contributed by atoms with E-state index in [1.54, 1.807) is 12.1 Å². The molecule has 0 saturated carbocycles. The van der Waals surface area contributed by atoms with E-state index < -0.39 is 0 Å². The first-order valence-electron chi connectivity index (χ1n) is 3.66. The lowest BCUT2D eigenvalue weighted by Crippen LogP contribution is -2.11. The molecule has 4 nitrogen and oxygen atoms in total. The van der Waals surface area contributed by atoms with E-state index in [-0.39, 0.29) is 11.4 Å². The van der Waals surface area contributed by atoms with Crippen LogP contribution in [0.2, 0.25) is 0 Å². The summed E-state index contributed by atoms with van der Waals surface area (Å²) in [5.74, 6) is 0.505. The first kappa shape index (κ1) is 8.67. The van der Waals surface area contributed by atoms with E-state index in [1.165, 1.54) is 6.07 Å². The average Bonchev–Trinajstić information content (AvgIpc) is 2.08. The smallest absolute Gasteiger partial charge is 0.146 e. The third kappa shape index (κ3) is 1.79. The number of anilines is 1. The fourth-order valence-electron chi connectivity index (χ4n) is 0.827. The van der Waals surface area contributed by atoms with E-state index >= 15 is 0 Å². The summed E-state index contributed by atoms with van der Waals surface area (Å²) in [6.07, 6.45) is 0. The predicted molar refractivity (Wildman–Crippen MR) is 47.1 cm³/mol. The van der Waals surface area contributed by atoms with Gasteiger partial charge in [-0.3, -0.25) is 0 Å². The minimum atomic E-state index is 0.0320. The van der Waals surface area contributed by atoms with E-state index in [9.17, 15) is 0 Å². The molecule has 0 amide bonds. The van der Waals surface area contributed by atoms with E-state index in [4.69, 9.17) is 21.3 Å². The largest absolute Gasteiger partial charge is 0.506 e. The molecule has 0 aliphatic rings. The van der Waals surface area contributed by atoms with E-state index in [0.29, 0.717) is 18.9 Å². The average molecular weight is 168 g/mol. The van der Waals surface area contributed by atoms with Crippen molar-refractivity contribution < 1.29 is 9.84 Å². The Hall–Kier alpha value is -1.42. The molecule has 0 heterocycles. The van der Waals surface area contributed by atoms with Gasteiger partial charge in [0.2, 0.25) is 0 Å². The molecule has 0 saturated heterocycles. The molecule has 1 aromatic rings. The van der Waals surface area contributed by atoms with Gasteiger partial charge >= 0.3 is 0 Å². The number of phenolic OH excluding ortho intramolecular Hbond substituents is 1. The Morgan fingerprint density at radius 2 is 2.17 bits per heavy atom. The minimum absolute atomic E-state index is 0.0320. The third-order valence-corrected chi connectivity index (χ3v) is 1.42. The summed E-state index contributed by atoms with van der Waals surface area (Å²) in [4.78, 5) is 0. The first-order chi connectivity index (χ1) is 5.75. The van der Waals surface area contributed by atoms with Crippen molar-refractivity contribution in [3.05, 3.63) is 18.2 Å². The Morgan fingerprint density at radius 1 is 1.42 bits per heavy atom. The predicted octanol–water partition coefficient (Wildman–Crippen LogP) is 0.312. The zero-order valence-electron chi connectivity index (χ0n) is 6.66. The molecular weight excluding hydrogens is 156 g/mol. The summed E-state index contributed by atoms with van der Waals surface area (Å²) in [6.45, 7) is 0.822. The van der Waals surface area contributed by atoms with E-state index in [1.807, 2.05) is 0 Å². The zero-order valence-corrected chi connectivity index (χ0v) is 6.66. The van der Waals surface area contributed by atoms with Gasteiger partial charge in [-0.05, 0) is 12.1 Å². The van der Waals surface area contributed by atoms with Crippen molar-refractivity contribution in [3.8, 4) is 11.5 Å². The van der Waals surface area contributed by atoms with Crippen LogP contribution >= 0.6 is 0 Å². The van der Waals surface area contributed by atoms with Crippen LogP contribution in [-0.4, -0.2) is 18.3 Å². The quantitative estimate of drug-likeness (QED) is 0.448. The van der Waals surface area contributed by atoms with Crippen molar-refractivity contribution in [3.63, 3.8) is 0 Å². The molecule has 1 aromatic carbocycles. The Morgan fingerprint density at radius 3 is 2.83 bits per heavy atom. The van der Waals surface area contributed by atoms with Gasteiger partial charge in [0.25, 0.3) is 0 Å². The fourth-order valence-corrected chi connectivity index (χ4v) is 0.827. The number of nitrogen functional groups attached to an aromatic ring is 1. The second-order valence-electron chi connectivity index (χ2n) is 2.33. The van der Waals surface area contributed by atoms with Gasteiger partial charge in [0, 0.05) is 6.54 Å². The van der Waals surface area contributed by atoms with E-state index in [0.717, 1.165) is 0 Å². The maximum atomic E-state index is 9.16. The number of para-hydroxylation sites is 1. The van der Waals surface area contributed by atoms with Crippen LogP contribution in [-0.2, 0) is 0 Å². The van der Waals surface area contributed by atoms with Crippen LogP contribution in [0.25, 0.3) is 0 Å². The maximum Gasteiger partial charge on any atom is 0.146 e. The lowest BCUT2D eigenvalue weighted by atomic mass is 10.3. The monoisotopic (exact) mass is 168 g/mol. The molecule has 0 aliphatic heterocycles. The van der Waals surface area contributed by atoms with Crippen molar-refractivity contribution in [1.29, 1.82) is 0 Å². The fraction of sp³-hybridized carbons (Fsp3) is 0.250.